The Morgan fingerprint density at radius 1 is 1.56 bits per heavy atom. The van der Waals surface area contributed by atoms with Crippen LogP contribution >= 0.6 is 39.7 Å². The quantitative estimate of drug-likeness (QED) is 0.852. The van der Waals surface area contributed by atoms with Crippen LogP contribution in [0.15, 0.2) is 15.9 Å². The molecule has 0 fully saturated rings. The fraction of sp³-hybridized carbons (Fsp3) is 0.583. The molecule has 1 atom stereocenters. The zero-order valence-electron chi connectivity index (χ0n) is 10.7. The second kappa shape index (κ2) is 8.91. The van der Waals surface area contributed by atoms with Crippen LogP contribution in [0.5, 0.6) is 0 Å². The summed E-state index contributed by atoms with van der Waals surface area (Å²) in [6.07, 6.45) is 2.45. The van der Waals surface area contributed by atoms with Crippen LogP contribution in [0.2, 0.25) is 0 Å². The topological polar surface area (TPSA) is 46.3 Å². The number of nitrogens with zero attached hydrogens (tertiary/aromatic N) is 1. The number of carbonyl (C=O) groups is 1. The van der Waals surface area contributed by atoms with Gasteiger partial charge in [0.05, 0.1) is 3.79 Å². The van der Waals surface area contributed by atoms with Crippen molar-refractivity contribution in [2.45, 2.75) is 32.2 Å². The lowest BCUT2D eigenvalue weighted by molar-refractivity contribution is -0.131. The van der Waals surface area contributed by atoms with E-state index in [2.05, 4.69) is 22.0 Å². The number of likely N-dealkylation sites (N-methyl/N-ethyl adjacent to an activating group) is 1. The van der Waals surface area contributed by atoms with Gasteiger partial charge in [-0.05, 0) is 47.8 Å². The van der Waals surface area contributed by atoms with Gasteiger partial charge in [0.15, 0.2) is 0 Å². The Kier molecular flexibility index (Phi) is 8.86. The van der Waals surface area contributed by atoms with Crippen molar-refractivity contribution in [2.24, 2.45) is 5.73 Å². The summed E-state index contributed by atoms with van der Waals surface area (Å²) in [6.45, 7) is 2.48. The summed E-state index contributed by atoms with van der Waals surface area (Å²) in [6, 6.07) is 4.27. The fourth-order valence-electron chi connectivity index (χ4n) is 1.48. The van der Waals surface area contributed by atoms with Crippen molar-refractivity contribution in [3.8, 4) is 0 Å². The second-order valence-electron chi connectivity index (χ2n) is 4.15. The highest BCUT2D eigenvalue weighted by Crippen LogP contribution is 2.23. The molecule has 0 aliphatic heterocycles. The Morgan fingerprint density at radius 2 is 2.22 bits per heavy atom. The lowest BCUT2D eigenvalue weighted by Crippen LogP contribution is -2.39. The van der Waals surface area contributed by atoms with Gasteiger partial charge in [-0.1, -0.05) is 0 Å². The first-order valence-corrected chi connectivity index (χ1v) is 7.35. The number of aryl methyl sites for hydroxylation is 1. The first-order valence-electron chi connectivity index (χ1n) is 5.74. The minimum atomic E-state index is 0. The van der Waals surface area contributed by atoms with Crippen LogP contribution in [0.1, 0.15) is 24.6 Å². The Labute approximate surface area is 127 Å². The summed E-state index contributed by atoms with van der Waals surface area (Å²) in [5.41, 5.74) is 5.54. The van der Waals surface area contributed by atoms with Crippen LogP contribution in [0.25, 0.3) is 0 Å². The van der Waals surface area contributed by atoms with Crippen molar-refractivity contribution in [2.75, 3.05) is 13.6 Å². The van der Waals surface area contributed by atoms with Gasteiger partial charge in [0, 0.05) is 30.9 Å². The van der Waals surface area contributed by atoms with Crippen molar-refractivity contribution in [3.63, 3.8) is 0 Å². The molecule has 0 spiro atoms. The Morgan fingerprint density at radius 3 is 2.72 bits per heavy atom. The Bertz CT molecular complexity index is 373. The van der Waals surface area contributed by atoms with Gasteiger partial charge >= 0.3 is 0 Å². The predicted molar refractivity (Wildman–Crippen MR) is 83.5 cm³/mol. The van der Waals surface area contributed by atoms with Gasteiger partial charge in [0.2, 0.25) is 5.91 Å². The van der Waals surface area contributed by atoms with Crippen molar-refractivity contribution >= 4 is 45.6 Å². The van der Waals surface area contributed by atoms with Gasteiger partial charge in [-0.2, -0.15) is 0 Å². The molecular weight excluding hydrogens is 336 g/mol. The average Bonchev–Trinajstić information content (AvgIpc) is 2.72. The summed E-state index contributed by atoms with van der Waals surface area (Å²) in [4.78, 5) is 14.9. The van der Waals surface area contributed by atoms with Crippen molar-refractivity contribution in [1.29, 1.82) is 0 Å². The van der Waals surface area contributed by atoms with Crippen molar-refractivity contribution in [1.82, 2.24) is 4.90 Å². The van der Waals surface area contributed by atoms with E-state index in [0.29, 0.717) is 13.0 Å². The zero-order chi connectivity index (χ0) is 12.8. The molecule has 1 amide bonds. The highest BCUT2D eigenvalue weighted by atomic mass is 79.9. The van der Waals surface area contributed by atoms with Gasteiger partial charge < -0.3 is 10.6 Å². The van der Waals surface area contributed by atoms with E-state index in [-0.39, 0.29) is 24.4 Å². The van der Waals surface area contributed by atoms with Crippen LogP contribution in [-0.2, 0) is 11.2 Å². The van der Waals surface area contributed by atoms with E-state index in [1.807, 2.05) is 20.0 Å². The summed E-state index contributed by atoms with van der Waals surface area (Å²) in [5, 5.41) is 0. The summed E-state index contributed by atoms with van der Waals surface area (Å²) in [5.74, 6) is 0.179. The normalized spacial score (nSPS) is 11.8. The number of carbonyl (C=O) groups excluding carboxylic acids is 1. The van der Waals surface area contributed by atoms with Gasteiger partial charge in [-0.25, -0.2) is 0 Å². The van der Waals surface area contributed by atoms with Gasteiger partial charge in [0.25, 0.3) is 0 Å². The van der Waals surface area contributed by atoms with Gasteiger partial charge in [-0.3, -0.25) is 4.79 Å². The largest absolute Gasteiger partial charge is 0.342 e. The maximum atomic E-state index is 11.8. The molecule has 2 N–H and O–H groups in total. The third kappa shape index (κ3) is 5.69. The molecule has 0 saturated carbocycles. The molecule has 1 aromatic heterocycles. The molecule has 0 bridgehead atoms. The molecule has 0 saturated heterocycles. The van der Waals surface area contributed by atoms with Crippen LogP contribution in [0, 0.1) is 0 Å². The summed E-state index contributed by atoms with van der Waals surface area (Å²) >= 11 is 5.16. The molecule has 3 nitrogen and oxygen atoms in total. The molecule has 1 heterocycles. The maximum Gasteiger partial charge on any atom is 0.222 e. The lowest BCUT2D eigenvalue weighted by Gasteiger charge is -2.23. The van der Waals surface area contributed by atoms with Crippen molar-refractivity contribution < 1.29 is 4.79 Å². The van der Waals surface area contributed by atoms with E-state index in [4.69, 9.17) is 5.73 Å². The van der Waals surface area contributed by atoms with E-state index in [1.165, 1.54) is 4.88 Å². The highest BCUT2D eigenvalue weighted by molar-refractivity contribution is 9.11. The fourth-order valence-corrected chi connectivity index (χ4v) is 3.01. The number of thiophene rings is 1. The number of rotatable bonds is 6. The molecule has 0 aliphatic carbocycles. The van der Waals surface area contributed by atoms with E-state index in [9.17, 15) is 4.79 Å². The first-order chi connectivity index (χ1) is 8.04. The van der Waals surface area contributed by atoms with Crippen LogP contribution in [0.3, 0.4) is 0 Å². The molecule has 0 radical (unpaired) electrons. The van der Waals surface area contributed by atoms with Gasteiger partial charge in [-0.15, -0.1) is 23.7 Å². The molecule has 0 aromatic carbocycles. The smallest absolute Gasteiger partial charge is 0.222 e. The summed E-state index contributed by atoms with van der Waals surface area (Å²) < 4.78 is 1.15. The molecule has 1 rings (SSSR count). The van der Waals surface area contributed by atoms with Crippen LogP contribution in [0.4, 0.5) is 0 Å². The number of hydrogen-bond donors (Lipinski definition) is 1. The number of amides is 1. The number of hydrogen-bond acceptors (Lipinski definition) is 3. The summed E-state index contributed by atoms with van der Waals surface area (Å²) in [7, 11) is 1.82. The zero-order valence-corrected chi connectivity index (χ0v) is 13.9. The number of halogens is 2. The highest BCUT2D eigenvalue weighted by Gasteiger charge is 2.13. The molecule has 1 unspecified atom stereocenters. The second-order valence-corrected chi connectivity index (χ2v) is 6.70. The third-order valence-corrected chi connectivity index (χ3v) is 4.52. The molecular formula is C12H20BrClN2OS. The monoisotopic (exact) mass is 354 g/mol. The molecule has 104 valence electrons. The number of nitrogens with two attached hydrogens (primary N) is 1. The molecule has 1 aromatic rings. The van der Waals surface area contributed by atoms with Crippen molar-refractivity contribution in [3.05, 3.63) is 20.8 Å². The minimum absolute atomic E-state index is 0. The van der Waals surface area contributed by atoms with Gasteiger partial charge in [0.1, 0.15) is 0 Å². The SMILES string of the molecule is CC(CN)N(C)C(=O)CCCc1ccc(Br)s1.Cl. The van der Waals surface area contributed by atoms with E-state index in [1.54, 1.807) is 16.2 Å². The minimum Gasteiger partial charge on any atom is -0.342 e. The Hall–Kier alpha value is -0.100. The van der Waals surface area contributed by atoms with E-state index >= 15 is 0 Å². The maximum absolute atomic E-state index is 11.8. The van der Waals surface area contributed by atoms with Crippen LogP contribution < -0.4 is 5.73 Å². The van der Waals surface area contributed by atoms with E-state index in [0.717, 1.165) is 16.6 Å². The average molecular weight is 356 g/mol. The first kappa shape index (κ1) is 17.9. The predicted octanol–water partition coefficient (Wildman–Crippen LogP) is 3.06. The lowest BCUT2D eigenvalue weighted by atomic mass is 10.2. The third-order valence-electron chi connectivity index (χ3n) is 2.84. The van der Waals surface area contributed by atoms with Crippen LogP contribution in [-0.4, -0.2) is 30.4 Å². The molecule has 6 heteroatoms. The van der Waals surface area contributed by atoms with E-state index < -0.39 is 0 Å². The Balaban J connectivity index is 0.00000289. The molecule has 18 heavy (non-hydrogen) atoms. The standard InChI is InChI=1S/C12H19BrN2OS.ClH/c1-9(8-14)15(2)12(16)5-3-4-10-6-7-11(13)17-10;/h6-7,9H,3-5,8,14H2,1-2H3;1H. The molecule has 0 aliphatic rings.